The average Bonchev–Trinajstić information content (AvgIpc) is 2.32. The van der Waals surface area contributed by atoms with E-state index in [1.165, 1.54) is 16.7 Å². The molecular weight excluding hydrogens is 238 g/mol. The molecular formula is C16H25NO2. The summed E-state index contributed by atoms with van der Waals surface area (Å²) in [4.78, 5) is 11.4. The van der Waals surface area contributed by atoms with Crippen LogP contribution < -0.4 is 5.73 Å². The van der Waals surface area contributed by atoms with Gasteiger partial charge in [0.05, 0.1) is 6.61 Å². The van der Waals surface area contributed by atoms with Crippen LogP contribution in [0.2, 0.25) is 0 Å². The molecule has 2 unspecified atom stereocenters. The number of carbonyl (C=O) groups excluding carboxylic acids is 1. The van der Waals surface area contributed by atoms with Gasteiger partial charge in [-0.15, -0.1) is 0 Å². The normalized spacial score (nSPS) is 13.9. The lowest BCUT2D eigenvalue weighted by Crippen LogP contribution is -2.18. The number of hydrogen-bond acceptors (Lipinski definition) is 3. The van der Waals surface area contributed by atoms with E-state index in [4.69, 9.17) is 10.5 Å². The Morgan fingerprint density at radius 1 is 1.37 bits per heavy atom. The fraction of sp³-hybridized carbons (Fsp3) is 0.562. The SMILES string of the molecule is CCOC(=O)CC(C)CC(N)c1cc(C)ccc1C. The van der Waals surface area contributed by atoms with Crippen molar-refractivity contribution in [1.82, 2.24) is 0 Å². The van der Waals surface area contributed by atoms with Crippen LogP contribution in [0, 0.1) is 19.8 Å². The Morgan fingerprint density at radius 2 is 2.05 bits per heavy atom. The molecule has 1 aromatic carbocycles. The average molecular weight is 263 g/mol. The summed E-state index contributed by atoms with van der Waals surface area (Å²) in [7, 11) is 0. The van der Waals surface area contributed by atoms with Crippen molar-refractivity contribution in [2.45, 2.75) is 46.6 Å². The minimum atomic E-state index is -0.136. The number of carbonyl (C=O) groups is 1. The third-order valence-corrected chi connectivity index (χ3v) is 3.31. The van der Waals surface area contributed by atoms with Crippen LogP contribution >= 0.6 is 0 Å². The molecule has 0 spiro atoms. The molecule has 0 saturated heterocycles. The first kappa shape index (κ1) is 15.7. The topological polar surface area (TPSA) is 52.3 Å². The van der Waals surface area contributed by atoms with Crippen molar-refractivity contribution in [3.63, 3.8) is 0 Å². The number of nitrogens with two attached hydrogens (primary N) is 1. The fourth-order valence-electron chi connectivity index (χ4n) is 2.31. The van der Waals surface area contributed by atoms with Crippen molar-refractivity contribution >= 4 is 5.97 Å². The second-order valence-electron chi connectivity index (χ2n) is 5.32. The molecule has 0 bridgehead atoms. The third-order valence-electron chi connectivity index (χ3n) is 3.31. The van der Waals surface area contributed by atoms with Gasteiger partial charge in [0.1, 0.15) is 0 Å². The molecule has 1 aromatic rings. The number of esters is 1. The largest absolute Gasteiger partial charge is 0.466 e. The number of aryl methyl sites for hydroxylation is 2. The zero-order chi connectivity index (χ0) is 14.4. The first-order valence-corrected chi connectivity index (χ1v) is 6.92. The highest BCUT2D eigenvalue weighted by Gasteiger charge is 2.16. The number of rotatable bonds is 6. The standard InChI is InChI=1S/C16H25NO2/c1-5-19-16(18)10-12(3)9-15(17)14-8-11(2)6-7-13(14)4/h6-8,12,15H,5,9-10,17H2,1-4H3. The van der Waals surface area contributed by atoms with Crippen molar-refractivity contribution in [2.24, 2.45) is 11.7 Å². The highest BCUT2D eigenvalue weighted by Crippen LogP contribution is 2.24. The Balaban J connectivity index is 2.61. The van der Waals surface area contributed by atoms with Crippen LogP contribution in [0.1, 0.15) is 49.4 Å². The first-order chi connectivity index (χ1) is 8.93. The molecule has 2 N–H and O–H groups in total. The summed E-state index contributed by atoms with van der Waals surface area (Å²) < 4.78 is 4.96. The second kappa shape index (κ2) is 7.29. The van der Waals surface area contributed by atoms with Gasteiger partial charge in [0.15, 0.2) is 0 Å². The van der Waals surface area contributed by atoms with Crippen molar-refractivity contribution < 1.29 is 9.53 Å². The fourth-order valence-corrected chi connectivity index (χ4v) is 2.31. The highest BCUT2D eigenvalue weighted by molar-refractivity contribution is 5.69. The van der Waals surface area contributed by atoms with E-state index in [1.807, 2.05) is 13.8 Å². The van der Waals surface area contributed by atoms with Crippen LogP contribution in [-0.2, 0) is 9.53 Å². The van der Waals surface area contributed by atoms with Crippen molar-refractivity contribution in [3.05, 3.63) is 34.9 Å². The molecule has 1 rings (SSSR count). The summed E-state index contributed by atoms with van der Waals surface area (Å²) in [6, 6.07) is 6.30. The molecule has 0 aliphatic rings. The molecule has 0 radical (unpaired) electrons. The van der Waals surface area contributed by atoms with Gasteiger partial charge in [-0.25, -0.2) is 0 Å². The summed E-state index contributed by atoms with van der Waals surface area (Å²) >= 11 is 0. The smallest absolute Gasteiger partial charge is 0.306 e. The lowest BCUT2D eigenvalue weighted by atomic mass is 9.91. The van der Waals surface area contributed by atoms with E-state index in [2.05, 4.69) is 32.0 Å². The zero-order valence-corrected chi connectivity index (χ0v) is 12.4. The number of hydrogen-bond donors (Lipinski definition) is 1. The Labute approximate surface area is 116 Å². The maximum absolute atomic E-state index is 11.4. The lowest BCUT2D eigenvalue weighted by molar-refractivity contribution is -0.144. The molecule has 0 aromatic heterocycles. The minimum Gasteiger partial charge on any atom is -0.466 e. The predicted octanol–water partition coefficient (Wildman–Crippen LogP) is 3.28. The van der Waals surface area contributed by atoms with E-state index in [-0.39, 0.29) is 17.9 Å². The molecule has 0 heterocycles. The molecule has 3 heteroatoms. The molecule has 0 aliphatic carbocycles. The van der Waals surface area contributed by atoms with Gasteiger partial charge >= 0.3 is 5.97 Å². The summed E-state index contributed by atoms with van der Waals surface area (Å²) in [5.41, 5.74) is 9.87. The van der Waals surface area contributed by atoms with Gasteiger partial charge in [0, 0.05) is 12.5 Å². The van der Waals surface area contributed by atoms with Gasteiger partial charge in [0.2, 0.25) is 0 Å². The number of benzene rings is 1. The van der Waals surface area contributed by atoms with Gasteiger partial charge in [0.25, 0.3) is 0 Å². The molecule has 0 amide bonds. The molecule has 2 atom stereocenters. The van der Waals surface area contributed by atoms with E-state index < -0.39 is 0 Å². The minimum absolute atomic E-state index is 0.0238. The third kappa shape index (κ3) is 5.03. The lowest BCUT2D eigenvalue weighted by Gasteiger charge is -2.19. The monoisotopic (exact) mass is 263 g/mol. The van der Waals surface area contributed by atoms with Crippen molar-refractivity contribution in [1.29, 1.82) is 0 Å². The van der Waals surface area contributed by atoms with E-state index in [0.29, 0.717) is 13.0 Å². The van der Waals surface area contributed by atoms with E-state index >= 15 is 0 Å². The van der Waals surface area contributed by atoms with E-state index in [0.717, 1.165) is 6.42 Å². The molecule has 3 nitrogen and oxygen atoms in total. The van der Waals surface area contributed by atoms with Gasteiger partial charge in [-0.3, -0.25) is 4.79 Å². The summed E-state index contributed by atoms with van der Waals surface area (Å²) in [5, 5.41) is 0. The van der Waals surface area contributed by atoms with E-state index in [1.54, 1.807) is 0 Å². The highest BCUT2D eigenvalue weighted by atomic mass is 16.5. The van der Waals surface area contributed by atoms with Crippen LogP contribution in [0.25, 0.3) is 0 Å². The van der Waals surface area contributed by atoms with Crippen LogP contribution in [0.15, 0.2) is 18.2 Å². The molecule has 106 valence electrons. The quantitative estimate of drug-likeness (QED) is 0.801. The Morgan fingerprint density at radius 3 is 2.68 bits per heavy atom. The molecule has 19 heavy (non-hydrogen) atoms. The van der Waals surface area contributed by atoms with Crippen LogP contribution in [0.4, 0.5) is 0 Å². The van der Waals surface area contributed by atoms with Crippen LogP contribution in [0.5, 0.6) is 0 Å². The Hall–Kier alpha value is -1.35. The second-order valence-corrected chi connectivity index (χ2v) is 5.32. The zero-order valence-electron chi connectivity index (χ0n) is 12.4. The van der Waals surface area contributed by atoms with Crippen LogP contribution in [0.3, 0.4) is 0 Å². The molecule has 0 saturated carbocycles. The van der Waals surface area contributed by atoms with Crippen LogP contribution in [-0.4, -0.2) is 12.6 Å². The predicted molar refractivity (Wildman–Crippen MR) is 77.9 cm³/mol. The Bertz CT molecular complexity index is 429. The Kier molecular flexibility index (Phi) is 6.03. The van der Waals surface area contributed by atoms with Gasteiger partial charge in [-0.1, -0.05) is 30.7 Å². The van der Waals surface area contributed by atoms with Crippen molar-refractivity contribution in [2.75, 3.05) is 6.61 Å². The maximum atomic E-state index is 11.4. The first-order valence-electron chi connectivity index (χ1n) is 6.92. The number of ether oxygens (including phenoxy) is 1. The van der Waals surface area contributed by atoms with Crippen molar-refractivity contribution in [3.8, 4) is 0 Å². The van der Waals surface area contributed by atoms with Gasteiger partial charge in [-0.2, -0.15) is 0 Å². The maximum Gasteiger partial charge on any atom is 0.306 e. The summed E-state index contributed by atoms with van der Waals surface area (Å²) in [5.74, 6) is 0.0946. The molecule has 0 aliphatic heterocycles. The molecule has 0 fully saturated rings. The summed E-state index contributed by atoms with van der Waals surface area (Å²) in [6.45, 7) is 8.45. The summed E-state index contributed by atoms with van der Waals surface area (Å²) in [6.07, 6.45) is 1.23. The van der Waals surface area contributed by atoms with E-state index in [9.17, 15) is 4.79 Å². The van der Waals surface area contributed by atoms with Gasteiger partial charge in [-0.05, 0) is 44.2 Å². The van der Waals surface area contributed by atoms with Gasteiger partial charge < -0.3 is 10.5 Å².